The number of halogens is 1. The highest BCUT2D eigenvalue weighted by molar-refractivity contribution is 9.10. The zero-order chi connectivity index (χ0) is 25.0. The zero-order valence-corrected chi connectivity index (χ0v) is 21.1. The van der Waals surface area contributed by atoms with E-state index in [0.29, 0.717) is 16.9 Å². The summed E-state index contributed by atoms with van der Waals surface area (Å²) in [5.41, 5.74) is 3.51. The molecule has 9 heteroatoms. The predicted molar refractivity (Wildman–Crippen MR) is 131 cm³/mol. The molecule has 2 amide bonds. The molecule has 0 spiro atoms. The fourth-order valence-corrected chi connectivity index (χ4v) is 3.87. The number of nitrogens with one attached hydrogen (secondary N) is 1. The number of esters is 2. The molecule has 1 saturated heterocycles. The molecule has 0 bridgehead atoms. The lowest BCUT2D eigenvalue weighted by Crippen LogP contribution is -2.28. The van der Waals surface area contributed by atoms with Crippen molar-refractivity contribution in [3.05, 3.63) is 57.6 Å². The van der Waals surface area contributed by atoms with Crippen LogP contribution in [0.5, 0.6) is 0 Å². The molecule has 2 aromatic rings. The number of carbonyl (C=O) groups is 4. The second-order valence-electron chi connectivity index (χ2n) is 8.49. The van der Waals surface area contributed by atoms with Crippen LogP contribution in [0.4, 0.5) is 11.4 Å². The number of hydrogen-bond donors (Lipinski definition) is 1. The molecule has 1 N–H and O–H groups in total. The van der Waals surface area contributed by atoms with E-state index < -0.39 is 30.4 Å². The van der Waals surface area contributed by atoms with Gasteiger partial charge in [0.2, 0.25) is 5.91 Å². The van der Waals surface area contributed by atoms with Crippen molar-refractivity contribution in [2.45, 2.75) is 40.2 Å². The second kappa shape index (κ2) is 10.8. The summed E-state index contributed by atoms with van der Waals surface area (Å²) in [6.45, 7) is 7.06. The smallest absolute Gasteiger partial charge is 0.338 e. The number of rotatable bonds is 7. The molecule has 1 fully saturated rings. The summed E-state index contributed by atoms with van der Waals surface area (Å²) in [5, 5.41) is 2.71. The van der Waals surface area contributed by atoms with Crippen LogP contribution in [-0.2, 0) is 23.9 Å². The molecule has 0 radical (unpaired) electrons. The highest BCUT2D eigenvalue weighted by Crippen LogP contribution is 2.27. The van der Waals surface area contributed by atoms with Crippen LogP contribution in [0, 0.1) is 19.8 Å². The average Bonchev–Trinajstić information content (AvgIpc) is 3.17. The summed E-state index contributed by atoms with van der Waals surface area (Å²) in [6, 6.07) is 10.1. The third-order valence-corrected chi connectivity index (χ3v) is 6.53. The third-order valence-electron chi connectivity index (χ3n) is 5.28. The summed E-state index contributed by atoms with van der Waals surface area (Å²) in [6.07, 6.45) is -0.243. The molecule has 1 aliphatic heterocycles. The first-order valence-corrected chi connectivity index (χ1v) is 11.7. The minimum atomic E-state index is -0.678. The lowest BCUT2D eigenvalue weighted by Gasteiger charge is -2.17. The van der Waals surface area contributed by atoms with Gasteiger partial charge in [0.15, 0.2) is 6.61 Å². The Hall–Kier alpha value is -3.20. The van der Waals surface area contributed by atoms with E-state index in [1.54, 1.807) is 38.1 Å². The van der Waals surface area contributed by atoms with Gasteiger partial charge in [0.25, 0.3) is 5.91 Å². The molecule has 2 aromatic carbocycles. The van der Waals surface area contributed by atoms with Crippen LogP contribution in [0.1, 0.15) is 41.8 Å². The molecule has 0 aromatic heterocycles. The van der Waals surface area contributed by atoms with Crippen LogP contribution in [0.15, 0.2) is 40.9 Å². The SMILES string of the molecule is Cc1cc(NC(=O)COC(=O)[C@H]2CC(=O)N(c3ccc(C(=O)OC(C)C)cc3)C2)cc(C)c1Br. The summed E-state index contributed by atoms with van der Waals surface area (Å²) >= 11 is 3.48. The molecule has 0 saturated carbocycles. The molecule has 3 rings (SSSR count). The molecule has 1 atom stereocenters. The normalized spacial score (nSPS) is 15.4. The van der Waals surface area contributed by atoms with Gasteiger partial charge in [-0.05, 0) is 75.2 Å². The van der Waals surface area contributed by atoms with E-state index in [4.69, 9.17) is 9.47 Å². The molecular weight excluding hydrogens is 504 g/mol. The highest BCUT2D eigenvalue weighted by atomic mass is 79.9. The van der Waals surface area contributed by atoms with Crippen molar-refractivity contribution in [2.24, 2.45) is 5.92 Å². The summed E-state index contributed by atoms with van der Waals surface area (Å²) < 4.78 is 11.3. The average molecular weight is 531 g/mol. The first-order chi connectivity index (χ1) is 16.0. The maximum Gasteiger partial charge on any atom is 0.338 e. The summed E-state index contributed by atoms with van der Waals surface area (Å²) in [5.74, 6) is -2.42. The van der Waals surface area contributed by atoms with Crippen molar-refractivity contribution in [1.82, 2.24) is 0 Å². The number of amides is 2. The number of nitrogens with zero attached hydrogens (tertiary/aromatic N) is 1. The van der Waals surface area contributed by atoms with Gasteiger partial charge in [0.05, 0.1) is 17.6 Å². The maximum absolute atomic E-state index is 12.5. The minimum absolute atomic E-state index is 0.0112. The Kier molecular flexibility index (Phi) is 8.09. The predicted octanol–water partition coefficient (Wildman–Crippen LogP) is 4.17. The lowest BCUT2D eigenvalue weighted by atomic mass is 10.1. The molecular formula is C25H27BrN2O6. The van der Waals surface area contributed by atoms with Gasteiger partial charge in [-0.3, -0.25) is 14.4 Å². The van der Waals surface area contributed by atoms with Crippen molar-refractivity contribution < 1.29 is 28.7 Å². The van der Waals surface area contributed by atoms with Crippen LogP contribution in [0.2, 0.25) is 0 Å². The van der Waals surface area contributed by atoms with Crippen molar-refractivity contribution in [3.8, 4) is 0 Å². The van der Waals surface area contributed by atoms with Gasteiger partial charge in [-0.1, -0.05) is 15.9 Å². The van der Waals surface area contributed by atoms with E-state index in [2.05, 4.69) is 21.2 Å². The van der Waals surface area contributed by atoms with Gasteiger partial charge < -0.3 is 19.7 Å². The molecule has 34 heavy (non-hydrogen) atoms. The Bertz CT molecular complexity index is 1090. The molecule has 1 heterocycles. The van der Waals surface area contributed by atoms with Gasteiger partial charge in [-0.15, -0.1) is 0 Å². The zero-order valence-electron chi connectivity index (χ0n) is 19.5. The largest absolute Gasteiger partial charge is 0.459 e. The van der Waals surface area contributed by atoms with E-state index in [1.165, 1.54) is 4.90 Å². The van der Waals surface area contributed by atoms with E-state index in [-0.39, 0.29) is 25.0 Å². The number of anilines is 2. The van der Waals surface area contributed by atoms with Gasteiger partial charge in [-0.2, -0.15) is 0 Å². The van der Waals surface area contributed by atoms with Crippen molar-refractivity contribution in [2.75, 3.05) is 23.4 Å². The molecule has 8 nitrogen and oxygen atoms in total. The third kappa shape index (κ3) is 6.22. The van der Waals surface area contributed by atoms with Crippen LogP contribution >= 0.6 is 15.9 Å². The van der Waals surface area contributed by atoms with Gasteiger partial charge in [0, 0.05) is 28.8 Å². The first kappa shape index (κ1) is 25.4. The highest BCUT2D eigenvalue weighted by Gasteiger charge is 2.36. The van der Waals surface area contributed by atoms with E-state index >= 15 is 0 Å². The van der Waals surface area contributed by atoms with Crippen LogP contribution in [-0.4, -0.2) is 43.0 Å². The van der Waals surface area contributed by atoms with E-state index in [0.717, 1.165) is 15.6 Å². The molecule has 1 aliphatic rings. The Morgan fingerprint density at radius 3 is 2.32 bits per heavy atom. The number of aryl methyl sites for hydroxylation is 2. The van der Waals surface area contributed by atoms with Gasteiger partial charge in [0.1, 0.15) is 0 Å². The van der Waals surface area contributed by atoms with Crippen LogP contribution in [0.25, 0.3) is 0 Å². The number of carbonyl (C=O) groups excluding carboxylic acids is 4. The van der Waals surface area contributed by atoms with Gasteiger partial charge >= 0.3 is 11.9 Å². The molecule has 0 unspecified atom stereocenters. The van der Waals surface area contributed by atoms with Crippen molar-refractivity contribution in [1.29, 1.82) is 0 Å². The summed E-state index contributed by atoms with van der Waals surface area (Å²) in [7, 11) is 0. The molecule has 180 valence electrons. The fraction of sp³-hybridized carbons (Fsp3) is 0.360. The topological polar surface area (TPSA) is 102 Å². The first-order valence-electron chi connectivity index (χ1n) is 10.9. The Balaban J connectivity index is 1.53. The lowest BCUT2D eigenvalue weighted by molar-refractivity contribution is -0.151. The van der Waals surface area contributed by atoms with E-state index in [9.17, 15) is 19.2 Å². The Labute approximate surface area is 206 Å². The second-order valence-corrected chi connectivity index (χ2v) is 9.28. The Morgan fingerprint density at radius 1 is 1.12 bits per heavy atom. The number of hydrogen-bond acceptors (Lipinski definition) is 6. The Morgan fingerprint density at radius 2 is 1.74 bits per heavy atom. The van der Waals surface area contributed by atoms with Crippen molar-refractivity contribution >= 4 is 51.1 Å². The van der Waals surface area contributed by atoms with E-state index in [1.807, 2.05) is 26.0 Å². The number of ether oxygens (including phenoxy) is 2. The quantitative estimate of drug-likeness (QED) is 0.539. The number of benzene rings is 2. The van der Waals surface area contributed by atoms with Crippen LogP contribution < -0.4 is 10.2 Å². The van der Waals surface area contributed by atoms with Crippen LogP contribution in [0.3, 0.4) is 0 Å². The monoisotopic (exact) mass is 530 g/mol. The standard InChI is InChI=1S/C25H27BrN2O6/c1-14(2)34-25(32)17-5-7-20(8-6-17)28-12-18(11-22(28)30)24(31)33-13-21(29)27-19-9-15(3)23(26)16(4)10-19/h5-10,14,18H,11-13H2,1-4H3,(H,27,29)/t18-/m0/s1. The minimum Gasteiger partial charge on any atom is -0.459 e. The fourth-order valence-electron chi connectivity index (χ4n) is 3.64. The van der Waals surface area contributed by atoms with Crippen molar-refractivity contribution in [3.63, 3.8) is 0 Å². The summed E-state index contributed by atoms with van der Waals surface area (Å²) in [4.78, 5) is 50.6. The van der Waals surface area contributed by atoms with Gasteiger partial charge in [-0.25, -0.2) is 4.79 Å². The maximum atomic E-state index is 12.5. The molecule has 0 aliphatic carbocycles.